The summed E-state index contributed by atoms with van der Waals surface area (Å²) < 4.78 is 13.1. The third kappa shape index (κ3) is 3.95. The molecule has 1 aliphatic rings. The fraction of sp³-hybridized carbons (Fsp3) is 0.190. The van der Waals surface area contributed by atoms with Gasteiger partial charge in [0.15, 0.2) is 0 Å². The van der Waals surface area contributed by atoms with Crippen molar-refractivity contribution in [2.75, 3.05) is 36.4 Å². The van der Waals surface area contributed by atoms with Gasteiger partial charge in [0.1, 0.15) is 5.82 Å². The van der Waals surface area contributed by atoms with E-state index in [9.17, 15) is 9.18 Å². The molecule has 3 aromatic rings. The molecule has 0 bridgehead atoms. The van der Waals surface area contributed by atoms with E-state index in [-0.39, 0.29) is 11.8 Å². The number of anilines is 2. The number of benzene rings is 2. The van der Waals surface area contributed by atoms with Crippen LogP contribution in [0.2, 0.25) is 0 Å². The quantitative estimate of drug-likeness (QED) is 0.733. The molecule has 138 valence electrons. The molecule has 2 heterocycles. The average molecular weight is 364 g/mol. The summed E-state index contributed by atoms with van der Waals surface area (Å²) in [5.41, 5.74) is 3.88. The van der Waals surface area contributed by atoms with Gasteiger partial charge in [0.05, 0.1) is 0 Å². The standard InChI is InChI=1S/C21H21FN4O/c22-17-5-9-19(10-6-17)25-12-14-26(15-13-25)21(27)24-18-7-3-16(4-8-18)20-2-1-11-23-20/h1-11,23H,12-15H2,(H,24,27). The van der Waals surface area contributed by atoms with E-state index >= 15 is 0 Å². The maximum atomic E-state index is 13.1. The fourth-order valence-corrected chi connectivity index (χ4v) is 3.27. The van der Waals surface area contributed by atoms with E-state index in [1.165, 1.54) is 12.1 Å². The first-order chi connectivity index (χ1) is 13.2. The van der Waals surface area contributed by atoms with Crippen molar-refractivity contribution < 1.29 is 9.18 Å². The van der Waals surface area contributed by atoms with Crippen molar-refractivity contribution in [2.45, 2.75) is 0 Å². The molecule has 5 nitrogen and oxygen atoms in total. The third-order valence-corrected chi connectivity index (χ3v) is 4.80. The monoisotopic (exact) mass is 364 g/mol. The minimum atomic E-state index is -0.237. The number of rotatable bonds is 3. The highest BCUT2D eigenvalue weighted by atomic mass is 19.1. The van der Waals surface area contributed by atoms with Gasteiger partial charge in [-0.05, 0) is 54.1 Å². The molecule has 0 unspecified atom stereocenters. The minimum Gasteiger partial charge on any atom is -0.368 e. The predicted molar refractivity (Wildman–Crippen MR) is 105 cm³/mol. The Morgan fingerprint density at radius 3 is 2.26 bits per heavy atom. The molecule has 4 rings (SSSR count). The minimum absolute atomic E-state index is 0.0959. The maximum Gasteiger partial charge on any atom is 0.321 e. The van der Waals surface area contributed by atoms with Crippen LogP contribution in [-0.4, -0.2) is 42.1 Å². The Morgan fingerprint density at radius 1 is 0.926 bits per heavy atom. The summed E-state index contributed by atoms with van der Waals surface area (Å²) in [5, 5.41) is 2.95. The molecule has 1 fully saturated rings. The lowest BCUT2D eigenvalue weighted by Crippen LogP contribution is -2.50. The molecular weight excluding hydrogens is 343 g/mol. The summed E-state index contributed by atoms with van der Waals surface area (Å²) in [6.45, 7) is 2.71. The Bertz CT molecular complexity index is 883. The van der Waals surface area contributed by atoms with Gasteiger partial charge in [0.2, 0.25) is 0 Å². The number of aromatic nitrogens is 1. The van der Waals surface area contributed by atoms with Crippen LogP contribution < -0.4 is 10.2 Å². The zero-order valence-corrected chi connectivity index (χ0v) is 14.9. The molecule has 27 heavy (non-hydrogen) atoms. The smallest absolute Gasteiger partial charge is 0.321 e. The van der Waals surface area contributed by atoms with Gasteiger partial charge in [0, 0.05) is 49.4 Å². The summed E-state index contributed by atoms with van der Waals surface area (Å²) in [4.78, 5) is 19.6. The molecule has 0 radical (unpaired) electrons. The van der Waals surface area contributed by atoms with Crippen molar-refractivity contribution in [2.24, 2.45) is 0 Å². The van der Waals surface area contributed by atoms with Crippen LogP contribution >= 0.6 is 0 Å². The number of hydrogen-bond donors (Lipinski definition) is 2. The average Bonchev–Trinajstić information content (AvgIpc) is 3.24. The van der Waals surface area contributed by atoms with Crippen molar-refractivity contribution in [3.63, 3.8) is 0 Å². The molecule has 0 aliphatic carbocycles. The molecule has 0 atom stereocenters. The second-order valence-electron chi connectivity index (χ2n) is 6.54. The zero-order valence-electron chi connectivity index (χ0n) is 14.9. The number of piperazine rings is 1. The van der Waals surface area contributed by atoms with Crippen LogP contribution in [0.1, 0.15) is 0 Å². The van der Waals surface area contributed by atoms with Crippen LogP contribution in [0.3, 0.4) is 0 Å². The van der Waals surface area contributed by atoms with Gasteiger partial charge in [-0.1, -0.05) is 12.1 Å². The van der Waals surface area contributed by atoms with Crippen LogP contribution in [0.25, 0.3) is 11.3 Å². The van der Waals surface area contributed by atoms with E-state index in [1.807, 2.05) is 42.6 Å². The number of carbonyl (C=O) groups excluding carboxylic acids is 1. The van der Waals surface area contributed by atoms with E-state index in [4.69, 9.17) is 0 Å². The first-order valence-corrected chi connectivity index (χ1v) is 8.99. The maximum absolute atomic E-state index is 13.1. The Hall–Kier alpha value is -3.28. The van der Waals surface area contributed by atoms with Crippen molar-refractivity contribution in [3.05, 3.63) is 72.7 Å². The van der Waals surface area contributed by atoms with Gasteiger partial charge in [-0.3, -0.25) is 0 Å². The van der Waals surface area contributed by atoms with Gasteiger partial charge in [-0.25, -0.2) is 9.18 Å². The molecule has 6 heteroatoms. The van der Waals surface area contributed by atoms with Gasteiger partial charge in [-0.2, -0.15) is 0 Å². The lowest BCUT2D eigenvalue weighted by Gasteiger charge is -2.36. The zero-order chi connectivity index (χ0) is 18.6. The van der Waals surface area contributed by atoms with E-state index < -0.39 is 0 Å². The molecule has 1 saturated heterocycles. The predicted octanol–water partition coefficient (Wildman–Crippen LogP) is 4.17. The Morgan fingerprint density at radius 2 is 1.63 bits per heavy atom. The molecule has 1 aromatic heterocycles. The van der Waals surface area contributed by atoms with E-state index in [0.717, 1.165) is 35.7 Å². The highest BCUT2D eigenvalue weighted by Crippen LogP contribution is 2.20. The molecule has 1 aliphatic heterocycles. The van der Waals surface area contributed by atoms with E-state index in [1.54, 1.807) is 17.0 Å². The Kier molecular flexibility index (Phi) is 4.78. The number of hydrogen-bond acceptors (Lipinski definition) is 2. The second kappa shape index (κ2) is 7.53. The number of halogens is 1. The van der Waals surface area contributed by atoms with Crippen molar-refractivity contribution in [1.29, 1.82) is 0 Å². The Balaban J connectivity index is 1.32. The number of nitrogens with zero attached hydrogens (tertiary/aromatic N) is 2. The highest BCUT2D eigenvalue weighted by Gasteiger charge is 2.21. The van der Waals surface area contributed by atoms with Gasteiger partial charge in [-0.15, -0.1) is 0 Å². The van der Waals surface area contributed by atoms with E-state index in [0.29, 0.717) is 13.1 Å². The first kappa shape index (κ1) is 17.1. The van der Waals surface area contributed by atoms with Crippen LogP contribution in [0.15, 0.2) is 66.9 Å². The Labute approximate surface area is 157 Å². The number of H-pyrrole nitrogens is 1. The van der Waals surface area contributed by atoms with Gasteiger partial charge < -0.3 is 20.1 Å². The third-order valence-electron chi connectivity index (χ3n) is 4.80. The van der Waals surface area contributed by atoms with Crippen molar-refractivity contribution in [1.82, 2.24) is 9.88 Å². The first-order valence-electron chi connectivity index (χ1n) is 8.99. The lowest BCUT2D eigenvalue weighted by atomic mass is 10.1. The molecule has 2 aromatic carbocycles. The normalized spacial score (nSPS) is 14.3. The summed E-state index contributed by atoms with van der Waals surface area (Å²) in [6, 6.07) is 18.1. The van der Waals surface area contributed by atoms with Crippen LogP contribution in [0.4, 0.5) is 20.6 Å². The SMILES string of the molecule is O=C(Nc1ccc(-c2ccc[nH]2)cc1)N1CCN(c2ccc(F)cc2)CC1. The lowest BCUT2D eigenvalue weighted by molar-refractivity contribution is 0.208. The fourth-order valence-electron chi connectivity index (χ4n) is 3.27. The van der Waals surface area contributed by atoms with Crippen LogP contribution in [-0.2, 0) is 0 Å². The number of aromatic amines is 1. The molecule has 0 spiro atoms. The molecular formula is C21H21FN4O. The highest BCUT2D eigenvalue weighted by molar-refractivity contribution is 5.89. The van der Waals surface area contributed by atoms with Crippen molar-refractivity contribution in [3.8, 4) is 11.3 Å². The molecule has 2 amide bonds. The number of amides is 2. The number of nitrogens with one attached hydrogen (secondary N) is 2. The van der Waals surface area contributed by atoms with Gasteiger partial charge in [0.25, 0.3) is 0 Å². The summed E-state index contributed by atoms with van der Waals surface area (Å²) in [5.74, 6) is -0.237. The van der Waals surface area contributed by atoms with Crippen LogP contribution in [0.5, 0.6) is 0 Å². The largest absolute Gasteiger partial charge is 0.368 e. The second-order valence-corrected chi connectivity index (χ2v) is 6.54. The summed E-state index contributed by atoms with van der Waals surface area (Å²) in [6.07, 6.45) is 1.89. The van der Waals surface area contributed by atoms with Gasteiger partial charge >= 0.3 is 6.03 Å². The number of carbonyl (C=O) groups is 1. The topological polar surface area (TPSA) is 51.4 Å². The van der Waals surface area contributed by atoms with Crippen LogP contribution in [0, 0.1) is 5.82 Å². The number of urea groups is 1. The molecule has 0 saturated carbocycles. The van der Waals surface area contributed by atoms with E-state index in [2.05, 4.69) is 15.2 Å². The van der Waals surface area contributed by atoms with Crippen molar-refractivity contribution >= 4 is 17.4 Å². The summed E-state index contributed by atoms with van der Waals surface area (Å²) in [7, 11) is 0. The molecule has 2 N–H and O–H groups in total. The summed E-state index contributed by atoms with van der Waals surface area (Å²) >= 11 is 0.